The first-order chi connectivity index (χ1) is 10.5. The van der Waals surface area contributed by atoms with Gasteiger partial charge in [-0.05, 0) is 17.7 Å². The number of benzene rings is 1. The molecule has 0 radical (unpaired) electrons. The fourth-order valence-electron chi connectivity index (χ4n) is 1.92. The summed E-state index contributed by atoms with van der Waals surface area (Å²) in [4.78, 5) is 12.7. The van der Waals surface area contributed by atoms with Crippen LogP contribution in [0.4, 0.5) is 9.52 Å². The number of aliphatic carboxylic acids is 1. The van der Waals surface area contributed by atoms with E-state index in [9.17, 15) is 9.18 Å². The highest BCUT2D eigenvalue weighted by molar-refractivity contribution is 7.15. The van der Waals surface area contributed by atoms with E-state index in [2.05, 4.69) is 10.2 Å². The molecule has 0 unspecified atom stereocenters. The molecule has 0 saturated carbocycles. The fourth-order valence-corrected chi connectivity index (χ4v) is 2.79. The minimum Gasteiger partial charge on any atom is -0.481 e. The molecule has 1 N–H and O–H groups in total. The van der Waals surface area contributed by atoms with Crippen molar-refractivity contribution in [3.05, 3.63) is 40.7 Å². The number of anilines is 1. The van der Waals surface area contributed by atoms with Gasteiger partial charge in [-0.15, -0.1) is 10.2 Å². The van der Waals surface area contributed by atoms with Crippen LogP contribution in [0, 0.1) is 5.82 Å². The maximum absolute atomic E-state index is 13.3. The Hall–Kier alpha value is -2.02. The first-order valence-electron chi connectivity index (χ1n) is 7.00. The second-order valence-corrected chi connectivity index (χ2v) is 6.26. The maximum atomic E-state index is 13.3. The van der Waals surface area contributed by atoms with Crippen molar-refractivity contribution in [1.82, 2.24) is 10.2 Å². The molecule has 0 fully saturated rings. The van der Waals surface area contributed by atoms with Gasteiger partial charge in [-0.2, -0.15) is 0 Å². The smallest absolute Gasteiger partial charge is 0.305 e. The Balaban J connectivity index is 2.19. The molecular formula is C15H18FN3O2S. The Morgan fingerprint density at radius 1 is 1.41 bits per heavy atom. The number of carbonyl (C=O) groups is 1. The van der Waals surface area contributed by atoms with Gasteiger partial charge in [0.2, 0.25) is 5.13 Å². The van der Waals surface area contributed by atoms with Gasteiger partial charge in [0.1, 0.15) is 10.8 Å². The van der Waals surface area contributed by atoms with Gasteiger partial charge in [0.05, 0.1) is 6.42 Å². The lowest BCUT2D eigenvalue weighted by atomic mass is 10.2. The topological polar surface area (TPSA) is 66.3 Å². The van der Waals surface area contributed by atoms with Crippen LogP contribution >= 0.6 is 11.3 Å². The van der Waals surface area contributed by atoms with Gasteiger partial charge >= 0.3 is 5.97 Å². The summed E-state index contributed by atoms with van der Waals surface area (Å²) in [7, 11) is 0. The number of carboxylic acids is 1. The van der Waals surface area contributed by atoms with Crippen LogP contribution in [0.25, 0.3) is 0 Å². The second kappa shape index (κ2) is 7.31. The molecule has 1 aromatic carbocycles. The predicted molar refractivity (Wildman–Crippen MR) is 83.7 cm³/mol. The van der Waals surface area contributed by atoms with Gasteiger partial charge < -0.3 is 10.0 Å². The predicted octanol–water partition coefficient (Wildman–Crippen LogP) is 3.28. The quantitative estimate of drug-likeness (QED) is 0.847. The molecule has 0 aliphatic carbocycles. The zero-order valence-corrected chi connectivity index (χ0v) is 13.3. The van der Waals surface area contributed by atoms with Gasteiger partial charge in [0, 0.05) is 19.0 Å². The van der Waals surface area contributed by atoms with Crippen molar-refractivity contribution < 1.29 is 14.3 Å². The molecule has 22 heavy (non-hydrogen) atoms. The van der Waals surface area contributed by atoms with Crippen molar-refractivity contribution in [2.45, 2.75) is 32.7 Å². The summed E-state index contributed by atoms with van der Waals surface area (Å²) in [5.41, 5.74) is 0.770. The van der Waals surface area contributed by atoms with Crippen molar-refractivity contribution >= 4 is 22.4 Å². The lowest BCUT2D eigenvalue weighted by Crippen LogP contribution is -2.25. The molecule has 0 spiro atoms. The van der Waals surface area contributed by atoms with Gasteiger partial charge in [-0.25, -0.2) is 4.39 Å². The highest BCUT2D eigenvalue weighted by Gasteiger charge is 2.16. The minimum absolute atomic E-state index is 0.00803. The van der Waals surface area contributed by atoms with Crippen molar-refractivity contribution in [3.63, 3.8) is 0 Å². The maximum Gasteiger partial charge on any atom is 0.305 e. The van der Waals surface area contributed by atoms with Crippen LogP contribution in [-0.2, 0) is 11.3 Å². The average molecular weight is 323 g/mol. The highest BCUT2D eigenvalue weighted by atomic mass is 32.1. The number of rotatable bonds is 7. The molecule has 0 saturated heterocycles. The lowest BCUT2D eigenvalue weighted by molar-refractivity contribution is -0.136. The summed E-state index contributed by atoms with van der Waals surface area (Å²) in [6, 6.07) is 6.27. The Kier molecular flexibility index (Phi) is 5.43. The van der Waals surface area contributed by atoms with E-state index in [1.807, 2.05) is 18.7 Å². The van der Waals surface area contributed by atoms with Crippen LogP contribution in [0.15, 0.2) is 24.3 Å². The normalized spacial score (nSPS) is 10.9. The van der Waals surface area contributed by atoms with Crippen LogP contribution in [0.1, 0.15) is 36.8 Å². The van der Waals surface area contributed by atoms with Crippen LogP contribution < -0.4 is 4.90 Å². The lowest BCUT2D eigenvalue weighted by Gasteiger charge is -2.20. The van der Waals surface area contributed by atoms with E-state index in [1.165, 1.54) is 23.5 Å². The molecule has 2 aromatic rings. The van der Waals surface area contributed by atoms with E-state index in [0.29, 0.717) is 18.2 Å². The molecule has 0 bridgehead atoms. The number of aromatic nitrogens is 2. The largest absolute Gasteiger partial charge is 0.481 e. The molecule has 0 amide bonds. The first kappa shape index (κ1) is 16.4. The summed E-state index contributed by atoms with van der Waals surface area (Å²) in [5, 5.41) is 18.7. The molecule has 0 aliphatic rings. The van der Waals surface area contributed by atoms with Crippen LogP contribution in [-0.4, -0.2) is 27.8 Å². The zero-order chi connectivity index (χ0) is 16.1. The van der Waals surface area contributed by atoms with Gasteiger partial charge in [0.15, 0.2) is 0 Å². The van der Waals surface area contributed by atoms with E-state index in [4.69, 9.17) is 5.11 Å². The number of nitrogens with zero attached hydrogens (tertiary/aromatic N) is 3. The van der Waals surface area contributed by atoms with Gasteiger partial charge in [-0.3, -0.25) is 4.79 Å². The van der Waals surface area contributed by atoms with Gasteiger partial charge in [-0.1, -0.05) is 37.3 Å². The number of hydrogen-bond donors (Lipinski definition) is 1. The molecule has 1 heterocycles. The molecular weight excluding hydrogens is 305 g/mol. The van der Waals surface area contributed by atoms with Crippen molar-refractivity contribution in [2.24, 2.45) is 0 Å². The summed E-state index contributed by atoms with van der Waals surface area (Å²) >= 11 is 1.44. The molecule has 7 heteroatoms. The second-order valence-electron chi connectivity index (χ2n) is 5.27. The number of halogens is 1. The fraction of sp³-hybridized carbons (Fsp3) is 0.400. The molecule has 2 rings (SSSR count). The van der Waals surface area contributed by atoms with Crippen LogP contribution in [0.3, 0.4) is 0 Å². The minimum atomic E-state index is -0.877. The summed E-state index contributed by atoms with van der Waals surface area (Å²) in [6.45, 7) is 4.76. The third-order valence-electron chi connectivity index (χ3n) is 3.05. The van der Waals surface area contributed by atoms with E-state index >= 15 is 0 Å². The summed E-state index contributed by atoms with van der Waals surface area (Å²) in [5.74, 6) is -0.921. The average Bonchev–Trinajstić information content (AvgIpc) is 2.93. The third kappa shape index (κ3) is 4.49. The molecule has 1 aromatic heterocycles. The van der Waals surface area contributed by atoms with E-state index < -0.39 is 5.97 Å². The number of carboxylic acid groups (broad SMARTS) is 1. The van der Waals surface area contributed by atoms with Crippen molar-refractivity contribution in [1.29, 1.82) is 0 Å². The standard InChI is InChI=1S/C15H18FN3O2S/c1-10(2)14-17-18-15(22-14)19(7-6-13(20)21)9-11-4-3-5-12(16)8-11/h3-5,8,10H,6-7,9H2,1-2H3,(H,20,21). The Bertz CT molecular complexity index is 645. The molecule has 0 aliphatic heterocycles. The van der Waals surface area contributed by atoms with Crippen LogP contribution in [0.2, 0.25) is 0 Å². The molecule has 5 nitrogen and oxygen atoms in total. The third-order valence-corrected chi connectivity index (χ3v) is 4.34. The monoisotopic (exact) mass is 323 g/mol. The first-order valence-corrected chi connectivity index (χ1v) is 7.82. The van der Waals surface area contributed by atoms with E-state index in [1.54, 1.807) is 12.1 Å². The summed E-state index contributed by atoms with van der Waals surface area (Å²) < 4.78 is 13.3. The molecule has 0 atom stereocenters. The van der Waals surface area contributed by atoms with Crippen molar-refractivity contribution in [3.8, 4) is 0 Å². The zero-order valence-electron chi connectivity index (χ0n) is 12.5. The highest BCUT2D eigenvalue weighted by Crippen LogP contribution is 2.27. The molecule has 118 valence electrons. The Morgan fingerprint density at radius 2 is 2.18 bits per heavy atom. The van der Waals surface area contributed by atoms with Gasteiger partial charge in [0.25, 0.3) is 0 Å². The SMILES string of the molecule is CC(C)c1nnc(N(CCC(=O)O)Cc2cccc(F)c2)s1. The Morgan fingerprint density at radius 3 is 2.77 bits per heavy atom. The van der Waals surface area contributed by atoms with E-state index in [-0.39, 0.29) is 18.2 Å². The van der Waals surface area contributed by atoms with Crippen molar-refractivity contribution in [2.75, 3.05) is 11.4 Å². The number of hydrogen-bond acceptors (Lipinski definition) is 5. The van der Waals surface area contributed by atoms with E-state index in [0.717, 1.165) is 10.6 Å². The Labute approximate surface area is 132 Å². The summed E-state index contributed by atoms with van der Waals surface area (Å²) in [6.07, 6.45) is -0.00803. The van der Waals surface area contributed by atoms with Crippen LogP contribution in [0.5, 0.6) is 0 Å².